The summed E-state index contributed by atoms with van der Waals surface area (Å²) in [5.74, 6) is 1.59. The molecule has 0 N–H and O–H groups in total. The smallest absolute Gasteiger partial charge is 0.232 e. The largest absolute Gasteiger partial charge is 0.373 e. The van der Waals surface area contributed by atoms with Gasteiger partial charge in [-0.05, 0) is 30.0 Å². The van der Waals surface area contributed by atoms with Gasteiger partial charge in [0.05, 0.1) is 18.5 Å². The summed E-state index contributed by atoms with van der Waals surface area (Å²) in [5.41, 5.74) is 2.36. The second-order valence-electron chi connectivity index (χ2n) is 6.23. The van der Waals surface area contributed by atoms with E-state index in [1.165, 1.54) is 5.56 Å². The fraction of sp³-hybridized carbons (Fsp3) is 0.400. The first-order valence-corrected chi connectivity index (χ1v) is 9.86. The number of ether oxygens (including phenoxy) is 1. The van der Waals surface area contributed by atoms with Crippen LogP contribution in [0.2, 0.25) is 0 Å². The summed E-state index contributed by atoms with van der Waals surface area (Å²) in [5, 5.41) is 0. The van der Waals surface area contributed by atoms with Gasteiger partial charge in [-0.1, -0.05) is 36.4 Å². The summed E-state index contributed by atoms with van der Waals surface area (Å²) >= 11 is 1.65. The van der Waals surface area contributed by atoms with E-state index in [1.807, 2.05) is 41.4 Å². The summed E-state index contributed by atoms with van der Waals surface area (Å²) in [6.45, 7) is 2.25. The normalized spacial score (nSPS) is 15.3. The molecule has 2 aromatic rings. The molecule has 0 atom stereocenters. The minimum atomic E-state index is 0.232. The number of nitrogens with zero attached hydrogens (tertiary/aromatic N) is 2. The Bertz CT molecular complexity index is 643. The lowest BCUT2D eigenvalue weighted by Crippen LogP contribution is -2.41. The van der Waals surface area contributed by atoms with E-state index in [0.29, 0.717) is 12.4 Å². The summed E-state index contributed by atoms with van der Waals surface area (Å²) in [6, 6.07) is 14.2. The van der Waals surface area contributed by atoms with E-state index in [9.17, 15) is 4.79 Å². The third kappa shape index (κ3) is 5.87. The molecule has 1 aromatic heterocycles. The van der Waals surface area contributed by atoms with Crippen LogP contribution in [-0.4, -0.2) is 40.7 Å². The van der Waals surface area contributed by atoms with Crippen LogP contribution in [0.3, 0.4) is 0 Å². The highest BCUT2D eigenvalue weighted by Gasteiger charge is 2.23. The molecule has 5 heteroatoms. The van der Waals surface area contributed by atoms with Gasteiger partial charge in [0, 0.05) is 31.2 Å². The van der Waals surface area contributed by atoms with Gasteiger partial charge in [-0.2, -0.15) is 0 Å². The van der Waals surface area contributed by atoms with Gasteiger partial charge in [0.2, 0.25) is 5.91 Å². The van der Waals surface area contributed by atoms with Crippen molar-refractivity contribution in [1.29, 1.82) is 0 Å². The number of hydrogen-bond donors (Lipinski definition) is 0. The van der Waals surface area contributed by atoms with E-state index in [0.717, 1.165) is 37.2 Å². The van der Waals surface area contributed by atoms with E-state index in [4.69, 9.17) is 4.74 Å². The molecule has 4 nitrogen and oxygen atoms in total. The number of likely N-dealkylation sites (tertiary alicyclic amines) is 1. The first-order valence-electron chi connectivity index (χ1n) is 8.71. The van der Waals surface area contributed by atoms with Gasteiger partial charge in [-0.25, -0.2) is 0 Å². The number of piperidine rings is 1. The van der Waals surface area contributed by atoms with Crippen LogP contribution in [0.15, 0.2) is 54.9 Å². The van der Waals surface area contributed by atoms with Gasteiger partial charge in [0.25, 0.3) is 0 Å². The number of aromatic nitrogens is 1. The van der Waals surface area contributed by atoms with Crippen LogP contribution in [-0.2, 0) is 21.9 Å². The van der Waals surface area contributed by atoms with E-state index >= 15 is 0 Å². The Morgan fingerprint density at radius 1 is 1.12 bits per heavy atom. The average molecular weight is 356 g/mol. The first-order chi connectivity index (χ1) is 12.3. The maximum atomic E-state index is 12.3. The second kappa shape index (κ2) is 9.59. The topological polar surface area (TPSA) is 42.4 Å². The number of thioether (sulfide) groups is 1. The Kier molecular flexibility index (Phi) is 6.89. The molecule has 1 aliphatic rings. The molecular weight excluding hydrogens is 332 g/mol. The number of carbonyl (C=O) groups excluding carboxylic acids is 1. The molecule has 3 rings (SSSR count). The van der Waals surface area contributed by atoms with Crippen LogP contribution in [0, 0.1) is 0 Å². The van der Waals surface area contributed by atoms with E-state index in [2.05, 4.69) is 17.1 Å². The van der Waals surface area contributed by atoms with Gasteiger partial charge < -0.3 is 9.64 Å². The van der Waals surface area contributed by atoms with Gasteiger partial charge in [0.1, 0.15) is 0 Å². The summed E-state index contributed by atoms with van der Waals surface area (Å²) in [7, 11) is 0. The van der Waals surface area contributed by atoms with E-state index in [-0.39, 0.29) is 12.0 Å². The minimum Gasteiger partial charge on any atom is -0.373 e. The first kappa shape index (κ1) is 18.0. The molecule has 0 saturated carbocycles. The lowest BCUT2D eigenvalue weighted by atomic mass is 10.1. The Hall–Kier alpha value is -1.85. The molecule has 1 aromatic carbocycles. The molecule has 1 amide bonds. The lowest BCUT2D eigenvalue weighted by Gasteiger charge is -2.32. The van der Waals surface area contributed by atoms with Crippen LogP contribution in [0.5, 0.6) is 0 Å². The fourth-order valence-electron chi connectivity index (χ4n) is 2.89. The zero-order chi connectivity index (χ0) is 17.3. The van der Waals surface area contributed by atoms with Crippen molar-refractivity contribution in [3.05, 3.63) is 66.0 Å². The monoisotopic (exact) mass is 356 g/mol. The van der Waals surface area contributed by atoms with Gasteiger partial charge in [-0.15, -0.1) is 11.8 Å². The number of carbonyl (C=O) groups is 1. The zero-order valence-corrected chi connectivity index (χ0v) is 15.2. The lowest BCUT2D eigenvalue weighted by molar-refractivity contribution is -0.131. The van der Waals surface area contributed by atoms with Crippen LogP contribution in [0.4, 0.5) is 0 Å². The van der Waals surface area contributed by atoms with Crippen molar-refractivity contribution in [1.82, 2.24) is 9.88 Å². The standard InChI is InChI=1S/C20H24N2O2S/c23-20(16-25-15-18-7-4-10-21-13-18)22-11-8-19(9-12-22)24-14-17-5-2-1-3-6-17/h1-7,10,13,19H,8-9,11-12,14-16H2. The maximum absolute atomic E-state index is 12.3. The molecule has 0 bridgehead atoms. The van der Waals surface area contributed by atoms with Crippen LogP contribution in [0.1, 0.15) is 24.0 Å². The average Bonchev–Trinajstić information content (AvgIpc) is 2.68. The number of rotatable bonds is 7. The molecule has 0 spiro atoms. The van der Waals surface area contributed by atoms with Crippen molar-refractivity contribution in [3.8, 4) is 0 Å². The Morgan fingerprint density at radius 2 is 1.88 bits per heavy atom. The molecule has 1 aliphatic heterocycles. The number of pyridine rings is 1. The molecule has 2 heterocycles. The number of benzene rings is 1. The van der Waals surface area contributed by atoms with Crippen LogP contribution >= 0.6 is 11.8 Å². The SMILES string of the molecule is O=C(CSCc1cccnc1)N1CCC(OCc2ccccc2)CC1. The molecule has 0 radical (unpaired) electrons. The minimum absolute atomic E-state index is 0.232. The van der Waals surface area contributed by atoms with Crippen molar-refractivity contribution < 1.29 is 9.53 Å². The van der Waals surface area contributed by atoms with Crippen molar-refractivity contribution in [2.24, 2.45) is 0 Å². The quantitative estimate of drug-likeness (QED) is 0.761. The van der Waals surface area contributed by atoms with Crippen LogP contribution in [0.25, 0.3) is 0 Å². The molecule has 0 aliphatic carbocycles. The van der Waals surface area contributed by atoms with Crippen LogP contribution < -0.4 is 0 Å². The summed E-state index contributed by atoms with van der Waals surface area (Å²) in [6.07, 6.45) is 5.72. The maximum Gasteiger partial charge on any atom is 0.232 e. The van der Waals surface area contributed by atoms with Crippen molar-refractivity contribution >= 4 is 17.7 Å². The van der Waals surface area contributed by atoms with Crippen molar-refractivity contribution in [3.63, 3.8) is 0 Å². The highest BCUT2D eigenvalue weighted by atomic mass is 32.2. The molecule has 0 unspecified atom stereocenters. The molecule has 1 fully saturated rings. The predicted octanol–water partition coefficient (Wildman–Crippen LogP) is 3.52. The second-order valence-corrected chi connectivity index (χ2v) is 7.22. The fourth-order valence-corrected chi connectivity index (χ4v) is 3.76. The van der Waals surface area contributed by atoms with E-state index < -0.39 is 0 Å². The highest BCUT2D eigenvalue weighted by Crippen LogP contribution is 2.18. The summed E-state index contributed by atoms with van der Waals surface area (Å²) < 4.78 is 5.99. The Labute approximate surface area is 153 Å². The van der Waals surface area contributed by atoms with Gasteiger partial charge in [-0.3, -0.25) is 9.78 Å². The molecule has 132 valence electrons. The zero-order valence-electron chi connectivity index (χ0n) is 14.3. The molecular formula is C20H24N2O2S. The molecule has 1 saturated heterocycles. The van der Waals surface area contributed by atoms with E-state index in [1.54, 1.807) is 18.0 Å². The predicted molar refractivity (Wildman–Crippen MR) is 101 cm³/mol. The van der Waals surface area contributed by atoms with Gasteiger partial charge in [0.15, 0.2) is 0 Å². The Morgan fingerprint density at radius 3 is 2.60 bits per heavy atom. The van der Waals surface area contributed by atoms with Crippen molar-refractivity contribution in [2.75, 3.05) is 18.8 Å². The highest BCUT2D eigenvalue weighted by molar-refractivity contribution is 7.99. The van der Waals surface area contributed by atoms with Crippen molar-refractivity contribution in [2.45, 2.75) is 31.3 Å². The third-order valence-electron chi connectivity index (χ3n) is 4.34. The number of hydrogen-bond acceptors (Lipinski definition) is 4. The Balaban J connectivity index is 1.33. The molecule has 25 heavy (non-hydrogen) atoms. The summed E-state index contributed by atoms with van der Waals surface area (Å²) in [4.78, 5) is 18.4. The number of amides is 1. The third-order valence-corrected chi connectivity index (χ3v) is 5.33. The van der Waals surface area contributed by atoms with Gasteiger partial charge >= 0.3 is 0 Å².